The summed E-state index contributed by atoms with van der Waals surface area (Å²) in [6, 6.07) is -0.238. The van der Waals surface area contributed by atoms with Crippen molar-refractivity contribution >= 4 is 27.2 Å². The number of nitrogens with zero attached hydrogens (tertiary/aromatic N) is 1. The van der Waals surface area contributed by atoms with Gasteiger partial charge in [-0.1, -0.05) is 31.5 Å². The Kier molecular flexibility index (Phi) is 4.05. The first kappa shape index (κ1) is 13.2. The Balaban J connectivity index is 2.19. The fourth-order valence-corrected chi connectivity index (χ4v) is 5.18. The van der Waals surface area contributed by atoms with Gasteiger partial charge in [0.15, 0.2) is 0 Å². The van der Waals surface area contributed by atoms with Crippen LogP contribution in [0.4, 0.5) is 0 Å². The van der Waals surface area contributed by atoms with Crippen molar-refractivity contribution in [3.05, 3.63) is 0 Å². The monoisotopic (exact) mass is 276 g/mol. The summed E-state index contributed by atoms with van der Waals surface area (Å²) in [6.07, 6.45) is 6.37. The first-order valence-corrected chi connectivity index (χ1v) is 8.33. The lowest BCUT2D eigenvalue weighted by Crippen LogP contribution is -2.49. The van der Waals surface area contributed by atoms with Gasteiger partial charge in [0.1, 0.15) is 0 Å². The van der Waals surface area contributed by atoms with E-state index < -0.39 is 10.0 Å². The van der Waals surface area contributed by atoms with Crippen LogP contribution in [0.2, 0.25) is 0 Å². The molecule has 1 unspecified atom stereocenters. The molecule has 1 heterocycles. The average Bonchev–Trinajstić information content (AvgIpc) is 2.60. The molecule has 6 heteroatoms. The molecule has 0 spiro atoms. The molecule has 2 aliphatic rings. The summed E-state index contributed by atoms with van der Waals surface area (Å²) in [6.45, 7) is 0.584. The zero-order chi connectivity index (χ0) is 12.5. The number of thiocarbonyl (C=S) groups is 1. The maximum atomic E-state index is 12.0. The lowest BCUT2D eigenvalue weighted by Gasteiger charge is -2.34. The molecule has 0 radical (unpaired) electrons. The summed E-state index contributed by atoms with van der Waals surface area (Å²) in [5.74, 6) is 0.577. The molecule has 1 aliphatic carbocycles. The van der Waals surface area contributed by atoms with Crippen LogP contribution in [-0.2, 0) is 10.0 Å². The van der Waals surface area contributed by atoms with Crippen LogP contribution in [0, 0.1) is 5.92 Å². The number of rotatable bonds is 3. The van der Waals surface area contributed by atoms with Gasteiger partial charge in [0, 0.05) is 6.54 Å². The fraction of sp³-hybridized carbons (Fsp3) is 0.909. The SMILES string of the molecule is NC(=S)C(C1CCCCC1)N1CCCS1(=O)=O. The number of hydrogen-bond donors (Lipinski definition) is 1. The van der Waals surface area contributed by atoms with Gasteiger partial charge in [0.05, 0.1) is 16.8 Å². The molecular weight excluding hydrogens is 256 g/mol. The van der Waals surface area contributed by atoms with E-state index in [0.717, 1.165) is 25.7 Å². The van der Waals surface area contributed by atoms with E-state index in [1.165, 1.54) is 6.42 Å². The third-order valence-electron chi connectivity index (χ3n) is 3.84. The van der Waals surface area contributed by atoms with Gasteiger partial charge >= 0.3 is 0 Å². The zero-order valence-corrected chi connectivity index (χ0v) is 11.6. The smallest absolute Gasteiger partial charge is 0.214 e. The van der Waals surface area contributed by atoms with Crippen molar-refractivity contribution in [2.24, 2.45) is 11.7 Å². The molecule has 2 N–H and O–H groups in total. The molecular formula is C11H20N2O2S2. The third kappa shape index (κ3) is 2.80. The quantitative estimate of drug-likeness (QED) is 0.788. The van der Waals surface area contributed by atoms with Gasteiger partial charge in [-0.15, -0.1) is 0 Å². The van der Waals surface area contributed by atoms with Gasteiger partial charge in [-0.25, -0.2) is 8.42 Å². The van der Waals surface area contributed by atoms with E-state index in [4.69, 9.17) is 18.0 Å². The highest BCUT2D eigenvalue weighted by molar-refractivity contribution is 7.89. The highest BCUT2D eigenvalue weighted by Crippen LogP contribution is 2.32. The van der Waals surface area contributed by atoms with E-state index in [0.29, 0.717) is 23.9 Å². The van der Waals surface area contributed by atoms with E-state index in [9.17, 15) is 8.42 Å². The van der Waals surface area contributed by atoms with Crippen molar-refractivity contribution in [2.75, 3.05) is 12.3 Å². The van der Waals surface area contributed by atoms with Crippen molar-refractivity contribution in [3.63, 3.8) is 0 Å². The molecule has 2 fully saturated rings. The van der Waals surface area contributed by atoms with Crippen LogP contribution in [0.3, 0.4) is 0 Å². The predicted molar refractivity (Wildman–Crippen MR) is 72.3 cm³/mol. The summed E-state index contributed by atoms with van der Waals surface area (Å²) in [5.41, 5.74) is 5.79. The van der Waals surface area contributed by atoms with Gasteiger partial charge in [-0.05, 0) is 25.2 Å². The Hall–Kier alpha value is -0.200. The topological polar surface area (TPSA) is 63.4 Å². The van der Waals surface area contributed by atoms with Crippen molar-refractivity contribution < 1.29 is 8.42 Å². The molecule has 1 aliphatic heterocycles. The summed E-state index contributed by atoms with van der Waals surface area (Å²) in [4.78, 5) is 0.349. The van der Waals surface area contributed by atoms with Crippen LogP contribution in [0.1, 0.15) is 38.5 Å². The second kappa shape index (κ2) is 5.20. The second-order valence-corrected chi connectivity index (χ2v) is 7.54. The molecule has 0 bridgehead atoms. The zero-order valence-electron chi connectivity index (χ0n) is 9.97. The van der Waals surface area contributed by atoms with Crippen LogP contribution in [0.25, 0.3) is 0 Å². The standard InChI is InChI=1S/C11H20N2O2S2/c12-11(16)10(9-5-2-1-3-6-9)13-7-4-8-17(13,14)15/h9-10H,1-8H2,(H2,12,16). The summed E-state index contributed by atoms with van der Waals surface area (Å²) < 4.78 is 25.5. The molecule has 0 aromatic heterocycles. The Morgan fingerprint density at radius 3 is 2.35 bits per heavy atom. The molecule has 2 rings (SSSR count). The van der Waals surface area contributed by atoms with Crippen LogP contribution >= 0.6 is 12.2 Å². The predicted octanol–water partition coefficient (Wildman–Crippen LogP) is 1.26. The number of nitrogens with two attached hydrogens (primary N) is 1. The van der Waals surface area contributed by atoms with Crippen molar-refractivity contribution in [1.29, 1.82) is 0 Å². The first-order valence-electron chi connectivity index (χ1n) is 6.31. The summed E-state index contributed by atoms with van der Waals surface area (Å²) in [5, 5.41) is 0. The van der Waals surface area contributed by atoms with E-state index in [1.54, 1.807) is 4.31 Å². The lowest BCUT2D eigenvalue weighted by molar-refractivity contribution is 0.250. The number of hydrogen-bond acceptors (Lipinski definition) is 3. The Morgan fingerprint density at radius 1 is 1.24 bits per heavy atom. The van der Waals surface area contributed by atoms with Crippen molar-refractivity contribution in [3.8, 4) is 0 Å². The Labute approximate surface area is 109 Å². The van der Waals surface area contributed by atoms with Crippen LogP contribution < -0.4 is 5.73 Å². The van der Waals surface area contributed by atoms with Gasteiger partial charge in [0.25, 0.3) is 0 Å². The largest absolute Gasteiger partial charge is 0.392 e. The molecule has 17 heavy (non-hydrogen) atoms. The van der Waals surface area contributed by atoms with Crippen LogP contribution in [0.15, 0.2) is 0 Å². The minimum absolute atomic E-state index is 0.238. The molecule has 0 amide bonds. The van der Waals surface area contributed by atoms with E-state index in [1.807, 2.05) is 0 Å². The Morgan fingerprint density at radius 2 is 1.88 bits per heavy atom. The van der Waals surface area contributed by atoms with Gasteiger partial charge < -0.3 is 5.73 Å². The normalized spacial score (nSPS) is 28.0. The highest BCUT2D eigenvalue weighted by Gasteiger charge is 2.40. The number of sulfonamides is 1. The van der Waals surface area contributed by atoms with Gasteiger partial charge in [0.2, 0.25) is 10.0 Å². The van der Waals surface area contributed by atoms with Gasteiger partial charge in [-0.2, -0.15) is 4.31 Å². The van der Waals surface area contributed by atoms with Crippen LogP contribution in [-0.4, -0.2) is 36.1 Å². The molecule has 4 nitrogen and oxygen atoms in total. The maximum Gasteiger partial charge on any atom is 0.214 e. The minimum Gasteiger partial charge on any atom is -0.392 e. The molecule has 0 aromatic rings. The maximum absolute atomic E-state index is 12.0. The van der Waals surface area contributed by atoms with E-state index in [2.05, 4.69) is 0 Å². The lowest BCUT2D eigenvalue weighted by atomic mass is 9.84. The van der Waals surface area contributed by atoms with E-state index in [-0.39, 0.29) is 11.8 Å². The second-order valence-electron chi connectivity index (χ2n) is 5.03. The first-order chi connectivity index (χ1) is 8.02. The minimum atomic E-state index is -3.11. The molecule has 0 aromatic carbocycles. The summed E-state index contributed by atoms with van der Waals surface area (Å²) in [7, 11) is -3.11. The third-order valence-corrected chi connectivity index (χ3v) is 6.01. The fourth-order valence-electron chi connectivity index (χ4n) is 3.03. The average molecular weight is 276 g/mol. The molecule has 1 atom stereocenters. The Bertz CT molecular complexity index is 388. The molecule has 1 saturated carbocycles. The van der Waals surface area contributed by atoms with E-state index >= 15 is 0 Å². The molecule has 1 saturated heterocycles. The highest BCUT2D eigenvalue weighted by atomic mass is 32.2. The van der Waals surface area contributed by atoms with Crippen LogP contribution in [0.5, 0.6) is 0 Å². The van der Waals surface area contributed by atoms with Gasteiger partial charge in [-0.3, -0.25) is 0 Å². The molecule has 98 valence electrons. The summed E-state index contributed by atoms with van der Waals surface area (Å²) >= 11 is 5.11. The van der Waals surface area contributed by atoms with Crippen molar-refractivity contribution in [1.82, 2.24) is 4.31 Å². The van der Waals surface area contributed by atoms with Crippen molar-refractivity contribution in [2.45, 2.75) is 44.6 Å².